The Labute approximate surface area is 169 Å². The van der Waals surface area contributed by atoms with Crippen LogP contribution in [-0.4, -0.2) is 20.3 Å². The number of nitrogens with one attached hydrogen (secondary N) is 1. The minimum atomic E-state index is -0.721. The summed E-state index contributed by atoms with van der Waals surface area (Å²) in [7, 11) is 0. The Bertz CT molecular complexity index is 1240. The lowest BCUT2D eigenvalue weighted by Crippen LogP contribution is -2.16. The van der Waals surface area contributed by atoms with E-state index in [-0.39, 0.29) is 34.9 Å². The van der Waals surface area contributed by atoms with Crippen LogP contribution in [0.4, 0.5) is 18.9 Å². The molecule has 6 nitrogen and oxygen atoms in total. The van der Waals surface area contributed by atoms with Crippen molar-refractivity contribution in [2.45, 2.75) is 13.5 Å². The fraction of sp³-hybridized carbons (Fsp3) is 0.0952. The maximum Gasteiger partial charge on any atom is 0.274 e. The molecule has 0 unspecified atom stereocenters. The molecule has 9 heteroatoms. The standard InChI is InChI=1S/C21H15F3N4O2/c1-12-19(21(29)27-17-7-8-25-10-16(17)24)28-9-3-6-18(20(28)26-12)30-11-13-14(22)4-2-5-15(13)23/h2-10H,11H2,1H3,(H,25,27,29). The molecule has 4 aromatic rings. The van der Waals surface area contributed by atoms with E-state index in [0.717, 1.165) is 18.3 Å². The third-order valence-electron chi connectivity index (χ3n) is 4.46. The second-order valence-corrected chi connectivity index (χ2v) is 6.41. The summed E-state index contributed by atoms with van der Waals surface area (Å²) in [4.78, 5) is 20.7. The Balaban J connectivity index is 1.65. The van der Waals surface area contributed by atoms with Crippen LogP contribution in [0.15, 0.2) is 55.0 Å². The van der Waals surface area contributed by atoms with Crippen molar-refractivity contribution in [3.8, 4) is 5.75 Å². The highest BCUT2D eigenvalue weighted by Crippen LogP contribution is 2.25. The second kappa shape index (κ2) is 7.86. The molecular weight excluding hydrogens is 397 g/mol. The van der Waals surface area contributed by atoms with E-state index in [1.54, 1.807) is 25.3 Å². The molecule has 0 bridgehead atoms. The first kappa shape index (κ1) is 19.4. The molecule has 0 fully saturated rings. The van der Waals surface area contributed by atoms with Crippen molar-refractivity contribution in [1.29, 1.82) is 0 Å². The van der Waals surface area contributed by atoms with Gasteiger partial charge in [0.15, 0.2) is 17.2 Å². The number of anilines is 1. The Morgan fingerprint density at radius 1 is 1.10 bits per heavy atom. The van der Waals surface area contributed by atoms with E-state index in [0.29, 0.717) is 5.69 Å². The molecule has 0 atom stereocenters. The van der Waals surface area contributed by atoms with Crippen LogP contribution in [-0.2, 0) is 6.61 Å². The lowest BCUT2D eigenvalue weighted by molar-refractivity contribution is 0.102. The maximum atomic E-state index is 13.9. The van der Waals surface area contributed by atoms with Crippen molar-refractivity contribution in [2.24, 2.45) is 0 Å². The van der Waals surface area contributed by atoms with Crippen molar-refractivity contribution in [2.75, 3.05) is 5.32 Å². The molecule has 0 saturated carbocycles. The van der Waals surface area contributed by atoms with Gasteiger partial charge in [-0.1, -0.05) is 6.07 Å². The van der Waals surface area contributed by atoms with Crippen molar-refractivity contribution < 1.29 is 22.7 Å². The highest BCUT2D eigenvalue weighted by Gasteiger charge is 2.20. The highest BCUT2D eigenvalue weighted by molar-refractivity contribution is 6.04. The van der Waals surface area contributed by atoms with E-state index in [1.165, 1.54) is 22.7 Å². The van der Waals surface area contributed by atoms with Gasteiger partial charge in [-0.25, -0.2) is 18.2 Å². The summed E-state index contributed by atoms with van der Waals surface area (Å²) in [5.41, 5.74) is 0.589. The first-order chi connectivity index (χ1) is 14.5. The monoisotopic (exact) mass is 412 g/mol. The van der Waals surface area contributed by atoms with Crippen molar-refractivity contribution >= 4 is 17.2 Å². The zero-order chi connectivity index (χ0) is 21.3. The minimum absolute atomic E-state index is 0.0215. The molecule has 3 heterocycles. The van der Waals surface area contributed by atoms with Gasteiger partial charge >= 0.3 is 0 Å². The summed E-state index contributed by atoms with van der Waals surface area (Å²) in [5.74, 6) is -2.46. The van der Waals surface area contributed by atoms with E-state index in [9.17, 15) is 18.0 Å². The molecule has 1 aromatic carbocycles. The number of pyridine rings is 2. The maximum absolute atomic E-state index is 13.9. The smallest absolute Gasteiger partial charge is 0.274 e. The number of aryl methyl sites for hydroxylation is 1. The quantitative estimate of drug-likeness (QED) is 0.531. The molecule has 1 amide bonds. The molecule has 1 N–H and O–H groups in total. The molecule has 3 aromatic heterocycles. The van der Waals surface area contributed by atoms with Crippen LogP contribution >= 0.6 is 0 Å². The lowest BCUT2D eigenvalue weighted by Gasteiger charge is -2.10. The number of aromatic nitrogens is 3. The zero-order valence-electron chi connectivity index (χ0n) is 15.7. The van der Waals surface area contributed by atoms with Crippen LogP contribution in [0.25, 0.3) is 5.65 Å². The number of imidazole rings is 1. The number of hydrogen-bond donors (Lipinski definition) is 1. The molecule has 30 heavy (non-hydrogen) atoms. The molecule has 0 spiro atoms. The Kier molecular flexibility index (Phi) is 5.09. The van der Waals surface area contributed by atoms with Gasteiger partial charge in [0, 0.05) is 12.4 Å². The van der Waals surface area contributed by atoms with Crippen LogP contribution in [0.1, 0.15) is 21.7 Å². The van der Waals surface area contributed by atoms with Crippen LogP contribution in [0.3, 0.4) is 0 Å². The van der Waals surface area contributed by atoms with Crippen LogP contribution in [0, 0.1) is 24.4 Å². The molecule has 0 radical (unpaired) electrons. The minimum Gasteiger partial charge on any atom is -0.485 e. The average Bonchev–Trinajstić information content (AvgIpc) is 3.06. The van der Waals surface area contributed by atoms with Crippen LogP contribution in [0.5, 0.6) is 5.75 Å². The molecular formula is C21H15F3N4O2. The summed E-state index contributed by atoms with van der Waals surface area (Å²) < 4.78 is 48.6. The summed E-state index contributed by atoms with van der Waals surface area (Å²) in [6, 6.07) is 8.06. The lowest BCUT2D eigenvalue weighted by atomic mass is 10.2. The van der Waals surface area contributed by atoms with Gasteiger partial charge in [0.25, 0.3) is 5.91 Å². The predicted molar refractivity (Wildman–Crippen MR) is 103 cm³/mol. The van der Waals surface area contributed by atoms with Gasteiger partial charge in [-0.3, -0.25) is 14.2 Å². The second-order valence-electron chi connectivity index (χ2n) is 6.41. The van der Waals surface area contributed by atoms with Gasteiger partial charge in [0.1, 0.15) is 23.9 Å². The van der Waals surface area contributed by atoms with E-state index >= 15 is 0 Å². The van der Waals surface area contributed by atoms with E-state index in [2.05, 4.69) is 15.3 Å². The SMILES string of the molecule is Cc1nc2c(OCc3c(F)cccc3F)cccn2c1C(=O)Nc1ccncc1F. The first-order valence-electron chi connectivity index (χ1n) is 8.90. The van der Waals surface area contributed by atoms with Gasteiger partial charge in [-0.05, 0) is 37.3 Å². The fourth-order valence-electron chi connectivity index (χ4n) is 3.02. The summed E-state index contributed by atoms with van der Waals surface area (Å²) in [5, 5.41) is 2.48. The third-order valence-corrected chi connectivity index (χ3v) is 4.46. The van der Waals surface area contributed by atoms with Gasteiger partial charge in [-0.2, -0.15) is 0 Å². The number of fused-ring (bicyclic) bond motifs is 1. The number of halogens is 3. The number of ether oxygens (including phenoxy) is 1. The first-order valence-corrected chi connectivity index (χ1v) is 8.90. The highest BCUT2D eigenvalue weighted by atomic mass is 19.1. The zero-order valence-corrected chi connectivity index (χ0v) is 15.7. The van der Waals surface area contributed by atoms with Gasteiger partial charge in [0.05, 0.1) is 23.1 Å². The number of nitrogens with zero attached hydrogens (tertiary/aromatic N) is 3. The average molecular weight is 412 g/mol. The molecule has 152 valence electrons. The van der Waals surface area contributed by atoms with Crippen molar-refractivity contribution in [3.05, 3.63) is 89.4 Å². The summed E-state index contributed by atoms with van der Waals surface area (Å²) >= 11 is 0. The van der Waals surface area contributed by atoms with E-state index in [1.807, 2.05) is 0 Å². The predicted octanol–water partition coefficient (Wildman–Crippen LogP) is 4.29. The van der Waals surface area contributed by atoms with Crippen LogP contribution in [0.2, 0.25) is 0 Å². The molecule has 4 rings (SSSR count). The fourth-order valence-corrected chi connectivity index (χ4v) is 3.02. The van der Waals surface area contributed by atoms with Crippen molar-refractivity contribution in [1.82, 2.24) is 14.4 Å². The summed E-state index contributed by atoms with van der Waals surface area (Å²) in [6.07, 6.45) is 3.93. The van der Waals surface area contributed by atoms with Gasteiger partial charge in [-0.15, -0.1) is 0 Å². The summed E-state index contributed by atoms with van der Waals surface area (Å²) in [6.45, 7) is 1.26. The Morgan fingerprint density at radius 2 is 1.87 bits per heavy atom. The molecule has 0 aliphatic carbocycles. The Morgan fingerprint density at radius 3 is 2.60 bits per heavy atom. The number of carbonyl (C=O) groups excluding carboxylic acids is 1. The van der Waals surface area contributed by atoms with E-state index < -0.39 is 23.4 Å². The topological polar surface area (TPSA) is 68.5 Å². The normalized spacial score (nSPS) is 10.9. The largest absolute Gasteiger partial charge is 0.485 e. The Hall–Kier alpha value is -3.88. The number of benzene rings is 1. The van der Waals surface area contributed by atoms with Gasteiger partial charge < -0.3 is 10.1 Å². The number of amides is 1. The van der Waals surface area contributed by atoms with Gasteiger partial charge in [0.2, 0.25) is 0 Å². The van der Waals surface area contributed by atoms with E-state index in [4.69, 9.17) is 4.74 Å². The molecule has 0 aliphatic heterocycles. The third kappa shape index (κ3) is 3.57. The van der Waals surface area contributed by atoms with Crippen LogP contribution < -0.4 is 10.1 Å². The number of hydrogen-bond acceptors (Lipinski definition) is 4. The van der Waals surface area contributed by atoms with Crippen molar-refractivity contribution in [3.63, 3.8) is 0 Å². The number of rotatable bonds is 5. The number of carbonyl (C=O) groups is 1. The molecule has 0 saturated heterocycles. The molecule has 0 aliphatic rings.